The van der Waals surface area contributed by atoms with Crippen molar-refractivity contribution in [2.75, 3.05) is 14.2 Å². The zero-order valence-electron chi connectivity index (χ0n) is 14.1. The summed E-state index contributed by atoms with van der Waals surface area (Å²) in [6.45, 7) is 2.00. The van der Waals surface area contributed by atoms with Gasteiger partial charge in [-0.2, -0.15) is 0 Å². The SMILES string of the molecule is CCC(P=O)C1(C(=O)c2c(OC)cccc2OC)CCCCC1. The van der Waals surface area contributed by atoms with Crippen molar-refractivity contribution in [2.24, 2.45) is 5.41 Å². The lowest BCUT2D eigenvalue weighted by Crippen LogP contribution is -2.41. The van der Waals surface area contributed by atoms with Crippen LogP contribution < -0.4 is 9.47 Å². The molecule has 0 heterocycles. The molecule has 1 aromatic rings. The van der Waals surface area contributed by atoms with Gasteiger partial charge in [0.25, 0.3) is 0 Å². The molecular formula is C18H25O4P. The number of ether oxygens (including phenoxy) is 2. The molecule has 1 unspecified atom stereocenters. The second kappa shape index (κ2) is 7.92. The quantitative estimate of drug-likeness (QED) is 0.524. The third kappa shape index (κ3) is 3.28. The van der Waals surface area contributed by atoms with Crippen LogP contribution in [0.5, 0.6) is 11.5 Å². The zero-order chi connectivity index (χ0) is 16.9. The van der Waals surface area contributed by atoms with E-state index in [9.17, 15) is 9.36 Å². The molecule has 1 fully saturated rings. The molecule has 0 aliphatic heterocycles. The van der Waals surface area contributed by atoms with E-state index in [4.69, 9.17) is 9.47 Å². The van der Waals surface area contributed by atoms with Crippen LogP contribution in [-0.2, 0) is 4.57 Å². The van der Waals surface area contributed by atoms with Crippen molar-refractivity contribution in [3.63, 3.8) is 0 Å². The zero-order valence-corrected chi connectivity index (χ0v) is 15.0. The van der Waals surface area contributed by atoms with Gasteiger partial charge in [0.15, 0.2) is 14.2 Å². The van der Waals surface area contributed by atoms with Crippen LogP contribution in [0.1, 0.15) is 55.8 Å². The summed E-state index contributed by atoms with van der Waals surface area (Å²) in [6.07, 6.45) is 5.39. The lowest BCUT2D eigenvalue weighted by molar-refractivity contribution is 0.0691. The van der Waals surface area contributed by atoms with E-state index in [2.05, 4.69) is 0 Å². The second-order valence-electron chi connectivity index (χ2n) is 6.11. The first-order valence-corrected chi connectivity index (χ1v) is 9.11. The molecule has 1 aliphatic carbocycles. The minimum Gasteiger partial charge on any atom is -0.496 e. The lowest BCUT2D eigenvalue weighted by atomic mass is 9.66. The van der Waals surface area contributed by atoms with E-state index >= 15 is 0 Å². The van der Waals surface area contributed by atoms with Gasteiger partial charge in [-0.05, 0) is 31.4 Å². The topological polar surface area (TPSA) is 52.6 Å². The average molecular weight is 336 g/mol. The van der Waals surface area contributed by atoms with Gasteiger partial charge in [-0.1, -0.05) is 32.3 Å². The third-order valence-corrected chi connectivity index (χ3v) is 6.12. The fourth-order valence-corrected chi connectivity index (χ4v) is 4.51. The summed E-state index contributed by atoms with van der Waals surface area (Å²) in [7, 11) is 3.17. The molecule has 0 saturated heterocycles. The predicted octanol–water partition coefficient (Wildman–Crippen LogP) is 4.91. The Balaban J connectivity index is 2.56. The summed E-state index contributed by atoms with van der Waals surface area (Å²) < 4.78 is 22.6. The van der Waals surface area contributed by atoms with E-state index in [1.54, 1.807) is 26.4 Å². The van der Waals surface area contributed by atoms with Gasteiger partial charge in [-0.15, -0.1) is 0 Å². The molecular weight excluding hydrogens is 311 g/mol. The van der Waals surface area contributed by atoms with Crippen molar-refractivity contribution in [1.29, 1.82) is 0 Å². The van der Waals surface area contributed by atoms with Crippen molar-refractivity contribution >= 4 is 14.2 Å². The van der Waals surface area contributed by atoms with Crippen LogP contribution >= 0.6 is 8.46 Å². The Kier molecular flexibility index (Phi) is 6.17. The normalized spacial score (nSPS) is 18.4. The molecule has 1 aromatic carbocycles. The predicted molar refractivity (Wildman–Crippen MR) is 91.1 cm³/mol. The monoisotopic (exact) mass is 336 g/mol. The molecule has 126 valence electrons. The van der Waals surface area contributed by atoms with Gasteiger partial charge in [-0.3, -0.25) is 9.36 Å². The molecule has 1 atom stereocenters. The molecule has 0 amide bonds. The molecule has 1 saturated carbocycles. The largest absolute Gasteiger partial charge is 0.496 e. The van der Waals surface area contributed by atoms with Crippen molar-refractivity contribution in [2.45, 2.75) is 51.1 Å². The standard InChI is InChI=1S/C18H25O4P/c1-4-15(23-20)18(11-6-5-7-12-18)17(19)16-13(21-2)9-8-10-14(16)22-3/h8-10,15H,4-7,11-12H2,1-3H3. The number of carbonyl (C=O) groups excluding carboxylic acids is 1. The van der Waals surface area contributed by atoms with Crippen LogP contribution in [0.2, 0.25) is 0 Å². The Morgan fingerprint density at radius 1 is 1.17 bits per heavy atom. The number of carbonyl (C=O) groups is 1. The van der Waals surface area contributed by atoms with Crippen LogP contribution in [0.25, 0.3) is 0 Å². The van der Waals surface area contributed by atoms with Crippen LogP contribution in [0.3, 0.4) is 0 Å². The highest BCUT2D eigenvalue weighted by atomic mass is 31.1. The summed E-state index contributed by atoms with van der Waals surface area (Å²) in [5.74, 6) is 1.06. The van der Waals surface area contributed by atoms with E-state index < -0.39 is 5.41 Å². The van der Waals surface area contributed by atoms with Crippen LogP contribution in [0.4, 0.5) is 0 Å². The number of hydrogen-bond acceptors (Lipinski definition) is 4. The van der Waals surface area contributed by atoms with Gasteiger partial charge in [0.2, 0.25) is 0 Å². The Labute approximate surface area is 139 Å². The van der Waals surface area contributed by atoms with Gasteiger partial charge in [0.05, 0.1) is 19.9 Å². The minimum absolute atomic E-state index is 0.0155. The second-order valence-corrected chi connectivity index (χ2v) is 6.95. The average Bonchev–Trinajstić information content (AvgIpc) is 2.62. The summed E-state index contributed by atoms with van der Waals surface area (Å²) in [4.78, 5) is 13.5. The highest BCUT2D eigenvalue weighted by Gasteiger charge is 2.47. The number of rotatable bonds is 7. The summed E-state index contributed by atoms with van der Waals surface area (Å²) in [5, 5.41) is 0. The smallest absolute Gasteiger partial charge is 0.177 e. The van der Waals surface area contributed by atoms with Gasteiger partial charge in [0.1, 0.15) is 17.1 Å². The van der Waals surface area contributed by atoms with Gasteiger partial charge in [-0.25, -0.2) is 0 Å². The molecule has 0 N–H and O–H groups in total. The Morgan fingerprint density at radius 3 is 2.17 bits per heavy atom. The fourth-order valence-electron chi connectivity index (χ4n) is 3.78. The first-order valence-electron chi connectivity index (χ1n) is 8.22. The van der Waals surface area contributed by atoms with E-state index in [1.807, 2.05) is 13.0 Å². The molecule has 0 aromatic heterocycles. The van der Waals surface area contributed by atoms with Crippen LogP contribution in [0.15, 0.2) is 18.2 Å². The maximum absolute atomic E-state index is 13.5. The summed E-state index contributed by atoms with van der Waals surface area (Å²) >= 11 is 0. The van der Waals surface area contributed by atoms with Gasteiger partial charge < -0.3 is 9.47 Å². The maximum atomic E-state index is 13.5. The Hall–Kier alpha value is -1.41. The number of benzene rings is 1. The highest BCUT2D eigenvalue weighted by Crippen LogP contribution is 2.49. The lowest BCUT2D eigenvalue weighted by Gasteiger charge is -2.39. The fraction of sp³-hybridized carbons (Fsp3) is 0.611. The molecule has 0 spiro atoms. The highest BCUT2D eigenvalue weighted by molar-refractivity contribution is 7.24. The molecule has 1 aliphatic rings. The Morgan fingerprint density at radius 2 is 1.74 bits per heavy atom. The molecule has 0 radical (unpaired) electrons. The van der Waals surface area contributed by atoms with Crippen molar-refractivity contribution < 1.29 is 18.8 Å². The summed E-state index contributed by atoms with van der Waals surface area (Å²) in [6, 6.07) is 5.37. The summed E-state index contributed by atoms with van der Waals surface area (Å²) in [5.41, 5.74) is -0.260. The van der Waals surface area contributed by atoms with Gasteiger partial charge >= 0.3 is 0 Å². The Bertz CT molecular complexity index is 542. The number of Topliss-reactive ketones (excluding diaryl/α,β-unsaturated/α-hetero) is 1. The molecule has 0 bridgehead atoms. The first-order chi connectivity index (χ1) is 11.1. The van der Waals surface area contributed by atoms with Crippen LogP contribution in [-0.4, -0.2) is 25.7 Å². The van der Waals surface area contributed by atoms with Crippen LogP contribution in [0, 0.1) is 5.41 Å². The molecule has 4 nitrogen and oxygen atoms in total. The molecule has 5 heteroatoms. The third-order valence-electron chi connectivity index (χ3n) is 5.00. The van der Waals surface area contributed by atoms with E-state index in [0.29, 0.717) is 23.5 Å². The van der Waals surface area contributed by atoms with Crippen molar-refractivity contribution in [3.05, 3.63) is 23.8 Å². The number of ketones is 1. The first kappa shape index (κ1) is 17.9. The van der Waals surface area contributed by atoms with E-state index in [1.165, 1.54) is 0 Å². The van der Waals surface area contributed by atoms with Crippen molar-refractivity contribution in [3.8, 4) is 11.5 Å². The van der Waals surface area contributed by atoms with E-state index in [0.717, 1.165) is 32.1 Å². The minimum atomic E-state index is -0.585. The van der Waals surface area contributed by atoms with Gasteiger partial charge in [0, 0.05) is 5.41 Å². The number of methoxy groups -OCH3 is 2. The van der Waals surface area contributed by atoms with E-state index in [-0.39, 0.29) is 19.9 Å². The van der Waals surface area contributed by atoms with Crippen molar-refractivity contribution in [1.82, 2.24) is 0 Å². The number of hydrogen-bond donors (Lipinski definition) is 0. The maximum Gasteiger partial charge on any atom is 0.177 e. The molecule has 2 rings (SSSR count). The molecule has 23 heavy (non-hydrogen) atoms.